The van der Waals surface area contributed by atoms with Gasteiger partial charge in [-0.3, -0.25) is 19.5 Å². The van der Waals surface area contributed by atoms with E-state index in [2.05, 4.69) is 10.3 Å². The van der Waals surface area contributed by atoms with Crippen LogP contribution in [-0.4, -0.2) is 88.3 Å². The van der Waals surface area contributed by atoms with E-state index in [0.29, 0.717) is 10.6 Å². The van der Waals surface area contributed by atoms with Gasteiger partial charge in [0.15, 0.2) is 10.8 Å². The number of aliphatic imine (C=N–C) groups is 1. The Labute approximate surface area is 263 Å². The third-order valence-corrected chi connectivity index (χ3v) is 10.0. The number of hydrogen-bond acceptors (Lipinski definition) is 9. The molecule has 242 valence electrons. The number of carbonyl (C=O) groups is 3. The molecule has 1 amide bonds. The Kier molecular flexibility index (Phi) is 9.09. The van der Waals surface area contributed by atoms with Crippen LogP contribution in [0.3, 0.4) is 0 Å². The third kappa shape index (κ3) is 5.85. The number of thiazole rings is 1. The molecule has 2 aromatic rings. The van der Waals surface area contributed by atoms with Crippen molar-refractivity contribution in [3.63, 3.8) is 0 Å². The molecule has 1 aromatic carbocycles. The second-order valence-electron chi connectivity index (χ2n) is 11.6. The molecule has 0 bridgehead atoms. The zero-order valence-electron chi connectivity index (χ0n) is 25.5. The maximum Gasteiger partial charge on any atom is 0.338 e. The van der Waals surface area contributed by atoms with E-state index in [4.69, 9.17) is 9.73 Å². The number of rotatable bonds is 11. The van der Waals surface area contributed by atoms with Crippen LogP contribution < -0.4 is 5.32 Å². The van der Waals surface area contributed by atoms with Gasteiger partial charge in [-0.05, 0) is 43.9 Å². The Hall–Kier alpha value is -3.78. The molecule has 10 nitrogen and oxygen atoms in total. The summed E-state index contributed by atoms with van der Waals surface area (Å²) in [6.07, 6.45) is 2.04. The van der Waals surface area contributed by atoms with Gasteiger partial charge in [0.2, 0.25) is 5.91 Å². The molecule has 3 aliphatic heterocycles. The van der Waals surface area contributed by atoms with Crippen LogP contribution in [0.25, 0.3) is 0 Å². The number of amidine groups is 1. The lowest BCUT2D eigenvalue weighted by Crippen LogP contribution is -2.47. The van der Waals surface area contributed by atoms with Crippen LogP contribution in [-0.2, 0) is 19.1 Å². The molecule has 2 fully saturated rings. The highest BCUT2D eigenvalue weighted by atomic mass is 32.1. The molecule has 45 heavy (non-hydrogen) atoms. The van der Waals surface area contributed by atoms with E-state index in [-0.39, 0.29) is 61.8 Å². The minimum Gasteiger partial charge on any atom is -0.481 e. The summed E-state index contributed by atoms with van der Waals surface area (Å²) in [5.41, 5.74) is -0.311. The quantitative estimate of drug-likeness (QED) is 0.349. The molecule has 0 aliphatic carbocycles. The van der Waals surface area contributed by atoms with Crippen LogP contribution in [0.1, 0.15) is 55.8 Å². The number of hydrogen-bond donors (Lipinski definition) is 2. The minimum absolute atomic E-state index is 0.0314. The fraction of sp³-hybridized carbons (Fsp3) is 0.516. The van der Waals surface area contributed by atoms with Gasteiger partial charge in [-0.1, -0.05) is 26.0 Å². The van der Waals surface area contributed by atoms with Crippen LogP contribution in [0.5, 0.6) is 0 Å². The number of likely N-dealkylation sites (tertiary alicyclic amines) is 2. The van der Waals surface area contributed by atoms with Gasteiger partial charge in [0, 0.05) is 43.0 Å². The number of esters is 1. The number of nitrogens with one attached hydrogen (secondary N) is 1. The van der Waals surface area contributed by atoms with Crippen LogP contribution in [0.4, 0.5) is 13.2 Å². The first-order chi connectivity index (χ1) is 21.4. The minimum atomic E-state index is -3.40. The predicted molar refractivity (Wildman–Crippen MR) is 160 cm³/mol. The maximum absolute atomic E-state index is 15.6. The summed E-state index contributed by atoms with van der Waals surface area (Å²) in [6.45, 7) is 5.43. The first kappa shape index (κ1) is 32.6. The molecule has 3 aliphatic rings. The monoisotopic (exact) mass is 647 g/mol. The van der Waals surface area contributed by atoms with Crippen LogP contribution in [0, 0.1) is 24.1 Å². The van der Waals surface area contributed by atoms with Gasteiger partial charge in [-0.15, -0.1) is 11.3 Å². The topological polar surface area (TPSA) is 124 Å². The van der Waals surface area contributed by atoms with Gasteiger partial charge in [0.25, 0.3) is 5.92 Å². The second-order valence-corrected chi connectivity index (χ2v) is 12.5. The van der Waals surface area contributed by atoms with Gasteiger partial charge < -0.3 is 20.1 Å². The number of aliphatic carboxylic acids is 1. The smallest absolute Gasteiger partial charge is 0.338 e. The number of halogens is 3. The molecular formula is C31H36F3N5O5S. The molecule has 2 saturated heterocycles. The summed E-state index contributed by atoms with van der Waals surface area (Å²) in [7, 11) is 0. The summed E-state index contributed by atoms with van der Waals surface area (Å²) in [5.74, 6) is -7.87. The normalized spacial score (nSPS) is 23.2. The highest BCUT2D eigenvalue weighted by Crippen LogP contribution is 2.45. The molecule has 2 N–H and O–H groups in total. The predicted octanol–water partition coefficient (Wildman–Crippen LogP) is 4.17. The third-order valence-electron chi connectivity index (χ3n) is 9.23. The molecule has 4 heterocycles. The van der Waals surface area contributed by atoms with E-state index >= 15 is 8.78 Å². The van der Waals surface area contributed by atoms with E-state index in [9.17, 15) is 23.9 Å². The molecule has 0 spiro atoms. The van der Waals surface area contributed by atoms with Crippen molar-refractivity contribution in [1.82, 2.24) is 20.1 Å². The Morgan fingerprint density at radius 1 is 1.24 bits per heavy atom. The Morgan fingerprint density at radius 3 is 2.60 bits per heavy atom. The second kappa shape index (κ2) is 12.5. The SMILES string of the molecule is CCOC(=O)C1=C(CN2CC(F)(F)C3C(=O)N(CC(CC)(CC)C(=O)O)CC32)NC(c2nccs2)=N[C@H]1c1cccc(F)c1C. The number of fused-ring (bicyclic) bond motifs is 1. The van der Waals surface area contributed by atoms with Gasteiger partial charge in [-0.2, -0.15) is 0 Å². The van der Waals surface area contributed by atoms with Gasteiger partial charge in [0.05, 0.1) is 24.1 Å². The van der Waals surface area contributed by atoms with Crippen LogP contribution in [0.2, 0.25) is 0 Å². The number of alkyl halides is 2. The lowest BCUT2D eigenvalue weighted by molar-refractivity contribution is -0.153. The zero-order valence-corrected chi connectivity index (χ0v) is 26.3. The summed E-state index contributed by atoms with van der Waals surface area (Å²) in [6, 6.07) is 2.49. The Morgan fingerprint density at radius 2 is 1.98 bits per heavy atom. The van der Waals surface area contributed by atoms with Gasteiger partial charge in [0.1, 0.15) is 17.8 Å². The summed E-state index contributed by atoms with van der Waals surface area (Å²) >= 11 is 1.28. The number of benzene rings is 1. The standard InChI is InChI=1S/C31H36F3N5O5S/c1-5-30(6-2,29(42)43)15-39-14-21-23(27(39)40)31(33,34)16-38(21)13-20-22(28(41)44-7-3)24(18-9-8-10-19(32)17(18)4)37-25(36-20)26-35-11-12-45-26/h8-12,21,23-24H,5-7,13-16H2,1-4H3,(H,36,37)(H,42,43)/t21?,23?,24-/m0/s1. The van der Waals surface area contributed by atoms with Gasteiger partial charge >= 0.3 is 11.9 Å². The van der Waals surface area contributed by atoms with E-state index in [1.54, 1.807) is 45.3 Å². The van der Waals surface area contributed by atoms with Crippen molar-refractivity contribution < 1.29 is 37.4 Å². The number of nitrogens with zero attached hydrogens (tertiary/aromatic N) is 4. The summed E-state index contributed by atoms with van der Waals surface area (Å²) in [5, 5.41) is 15.3. The molecule has 2 unspecified atom stereocenters. The number of ether oxygens (including phenoxy) is 1. The molecule has 14 heteroatoms. The molecule has 0 radical (unpaired) electrons. The van der Waals surface area contributed by atoms with E-state index in [1.165, 1.54) is 33.3 Å². The Bertz CT molecular complexity index is 1540. The van der Waals surface area contributed by atoms with Crippen molar-refractivity contribution >= 4 is 35.0 Å². The molecular weight excluding hydrogens is 611 g/mol. The average molecular weight is 648 g/mol. The largest absolute Gasteiger partial charge is 0.481 e. The van der Waals surface area contributed by atoms with E-state index in [1.807, 2.05) is 0 Å². The van der Waals surface area contributed by atoms with Crippen molar-refractivity contribution in [2.24, 2.45) is 16.3 Å². The highest BCUT2D eigenvalue weighted by molar-refractivity contribution is 7.11. The first-order valence-corrected chi connectivity index (χ1v) is 15.8. The summed E-state index contributed by atoms with van der Waals surface area (Å²) < 4.78 is 51.3. The van der Waals surface area contributed by atoms with Crippen molar-refractivity contribution in [3.8, 4) is 0 Å². The number of carboxylic acids is 1. The van der Waals surface area contributed by atoms with E-state index < -0.39 is 59.5 Å². The average Bonchev–Trinajstić information content (AvgIpc) is 3.70. The van der Waals surface area contributed by atoms with Crippen molar-refractivity contribution in [3.05, 3.63) is 63.0 Å². The molecule has 5 rings (SSSR count). The fourth-order valence-electron chi connectivity index (χ4n) is 6.55. The van der Waals surface area contributed by atoms with E-state index in [0.717, 1.165) is 0 Å². The van der Waals surface area contributed by atoms with Crippen molar-refractivity contribution in [2.45, 2.75) is 58.5 Å². The number of amides is 1. The number of aromatic nitrogens is 1. The van der Waals surface area contributed by atoms with Crippen LogP contribution >= 0.6 is 11.3 Å². The lowest BCUT2D eigenvalue weighted by Gasteiger charge is -2.34. The maximum atomic E-state index is 15.6. The zero-order chi connectivity index (χ0) is 32.7. The summed E-state index contributed by atoms with van der Waals surface area (Å²) in [4.78, 5) is 50.8. The molecule has 3 atom stereocenters. The fourth-order valence-corrected chi connectivity index (χ4v) is 7.14. The molecule has 1 aromatic heterocycles. The van der Waals surface area contributed by atoms with Gasteiger partial charge in [-0.25, -0.2) is 22.9 Å². The first-order valence-electron chi connectivity index (χ1n) is 14.9. The highest BCUT2D eigenvalue weighted by Gasteiger charge is 2.63. The number of carboxylic acid groups (broad SMARTS) is 1. The lowest BCUT2D eigenvalue weighted by atomic mass is 9.82. The number of carbonyl (C=O) groups excluding carboxylic acids is 2. The molecule has 0 saturated carbocycles. The van der Waals surface area contributed by atoms with Crippen molar-refractivity contribution in [1.29, 1.82) is 0 Å². The Balaban J connectivity index is 1.56. The van der Waals surface area contributed by atoms with Crippen molar-refractivity contribution in [2.75, 3.05) is 32.8 Å². The van der Waals surface area contributed by atoms with Crippen LogP contribution in [0.15, 0.2) is 46.0 Å².